The van der Waals surface area contributed by atoms with E-state index in [1.807, 2.05) is 6.92 Å². The van der Waals surface area contributed by atoms with Crippen LogP contribution in [0.2, 0.25) is 0 Å². The Morgan fingerprint density at radius 3 is 1.85 bits per heavy atom. The molecular formula is C33H28O8. The molecule has 0 saturated carbocycles. The van der Waals surface area contributed by atoms with Gasteiger partial charge >= 0.3 is 11.9 Å². The number of phenols is 2. The van der Waals surface area contributed by atoms with Gasteiger partial charge in [0.05, 0.1) is 28.9 Å². The zero-order chi connectivity index (χ0) is 29.5. The number of ketones is 2. The summed E-state index contributed by atoms with van der Waals surface area (Å²) in [5.74, 6) is -6.57. The number of aryl methyl sites for hydroxylation is 1. The first-order valence-electron chi connectivity index (χ1n) is 13.0. The maximum Gasteiger partial charge on any atom is 0.343 e. The number of phenolic OH excluding ortho intramolecular Hbond substituents is 2. The summed E-state index contributed by atoms with van der Waals surface area (Å²) in [5, 5.41) is 22.3. The lowest BCUT2D eigenvalue weighted by Gasteiger charge is -2.20. The lowest BCUT2D eigenvalue weighted by Crippen LogP contribution is -2.22. The SMILES string of the molecule is CCCCOC(=O)c1c(C(=O)c2ccccc2)c(O)c(O)c(OC(=O)c2ccccc2)c1C(=O)c1ccccc1C. The van der Waals surface area contributed by atoms with Gasteiger partial charge in [0.2, 0.25) is 5.75 Å². The number of carbonyl (C=O) groups is 4. The highest BCUT2D eigenvalue weighted by atomic mass is 16.5. The van der Waals surface area contributed by atoms with Gasteiger partial charge in [-0.15, -0.1) is 0 Å². The Bertz CT molecular complexity index is 1610. The Kier molecular flexibility index (Phi) is 8.94. The second-order valence-electron chi connectivity index (χ2n) is 9.24. The molecule has 0 aromatic heterocycles. The third-order valence-corrected chi connectivity index (χ3v) is 6.42. The smallest absolute Gasteiger partial charge is 0.343 e. The van der Waals surface area contributed by atoms with Crippen molar-refractivity contribution in [2.45, 2.75) is 26.7 Å². The van der Waals surface area contributed by atoms with Crippen LogP contribution in [0.5, 0.6) is 17.2 Å². The van der Waals surface area contributed by atoms with E-state index in [9.17, 15) is 29.4 Å². The molecule has 0 bridgehead atoms. The fourth-order valence-corrected chi connectivity index (χ4v) is 4.25. The molecule has 0 aliphatic carbocycles. The van der Waals surface area contributed by atoms with E-state index in [-0.39, 0.29) is 23.3 Å². The van der Waals surface area contributed by atoms with Gasteiger partial charge in [0.25, 0.3) is 0 Å². The van der Waals surface area contributed by atoms with E-state index in [0.717, 1.165) is 0 Å². The van der Waals surface area contributed by atoms with Crippen LogP contribution in [0, 0.1) is 6.92 Å². The summed E-state index contributed by atoms with van der Waals surface area (Å²) in [6.07, 6.45) is 1.19. The van der Waals surface area contributed by atoms with Crippen LogP contribution in [-0.2, 0) is 4.74 Å². The Hall–Kier alpha value is -5.24. The molecule has 0 amide bonds. The van der Waals surface area contributed by atoms with Crippen molar-refractivity contribution in [1.82, 2.24) is 0 Å². The zero-order valence-electron chi connectivity index (χ0n) is 22.5. The van der Waals surface area contributed by atoms with Gasteiger partial charge in [-0.05, 0) is 31.0 Å². The molecule has 4 rings (SSSR count). The normalized spacial score (nSPS) is 10.6. The van der Waals surface area contributed by atoms with Crippen LogP contribution in [0.1, 0.15) is 77.9 Å². The van der Waals surface area contributed by atoms with Crippen molar-refractivity contribution in [2.75, 3.05) is 6.61 Å². The molecule has 208 valence electrons. The number of esters is 2. The average molecular weight is 553 g/mol. The van der Waals surface area contributed by atoms with Gasteiger partial charge in [-0.1, -0.05) is 86.1 Å². The summed E-state index contributed by atoms with van der Waals surface area (Å²) >= 11 is 0. The summed E-state index contributed by atoms with van der Waals surface area (Å²) in [5.41, 5.74) is -1.05. The van der Waals surface area contributed by atoms with Gasteiger partial charge < -0.3 is 19.7 Å². The second-order valence-corrected chi connectivity index (χ2v) is 9.24. The van der Waals surface area contributed by atoms with E-state index < -0.39 is 57.4 Å². The first-order valence-corrected chi connectivity index (χ1v) is 13.0. The standard InChI is InChI=1S/C33H28O8/c1-3-4-19-40-33(39)24-25(27(34)21-14-7-5-8-15-21)29(36)30(37)31(41-32(38)22-16-9-6-10-17-22)26(24)28(35)23-18-12-11-13-20(23)2/h5-18,36-37H,3-4,19H2,1-2H3. The second kappa shape index (κ2) is 12.7. The molecule has 0 atom stereocenters. The van der Waals surface area contributed by atoms with E-state index in [2.05, 4.69) is 0 Å². The van der Waals surface area contributed by atoms with Crippen molar-refractivity contribution in [3.63, 3.8) is 0 Å². The minimum atomic E-state index is -1.10. The summed E-state index contributed by atoms with van der Waals surface area (Å²) in [7, 11) is 0. The predicted octanol–water partition coefficient (Wildman–Crippen LogP) is 6.04. The number of hydrogen-bond acceptors (Lipinski definition) is 8. The Labute approximate surface area is 236 Å². The summed E-state index contributed by atoms with van der Waals surface area (Å²) in [6.45, 7) is 3.52. The molecular weight excluding hydrogens is 524 g/mol. The minimum Gasteiger partial charge on any atom is -0.504 e. The Morgan fingerprint density at radius 1 is 0.659 bits per heavy atom. The molecule has 2 N–H and O–H groups in total. The molecule has 4 aromatic carbocycles. The van der Waals surface area contributed by atoms with E-state index in [0.29, 0.717) is 18.4 Å². The molecule has 0 heterocycles. The van der Waals surface area contributed by atoms with Crippen LogP contribution in [0.4, 0.5) is 0 Å². The summed E-state index contributed by atoms with van der Waals surface area (Å²) in [4.78, 5) is 54.6. The van der Waals surface area contributed by atoms with Gasteiger partial charge in [0.1, 0.15) is 0 Å². The molecule has 0 radical (unpaired) electrons. The number of aromatic hydroxyl groups is 2. The Morgan fingerprint density at radius 2 is 1.24 bits per heavy atom. The number of hydrogen-bond donors (Lipinski definition) is 2. The van der Waals surface area contributed by atoms with Crippen molar-refractivity contribution in [2.24, 2.45) is 0 Å². The lowest BCUT2D eigenvalue weighted by molar-refractivity contribution is 0.0491. The van der Waals surface area contributed by atoms with Gasteiger partial charge in [-0.2, -0.15) is 0 Å². The van der Waals surface area contributed by atoms with Crippen molar-refractivity contribution in [1.29, 1.82) is 0 Å². The molecule has 4 aromatic rings. The van der Waals surface area contributed by atoms with Crippen LogP contribution < -0.4 is 4.74 Å². The molecule has 0 aliphatic rings. The molecule has 41 heavy (non-hydrogen) atoms. The van der Waals surface area contributed by atoms with Crippen LogP contribution in [0.15, 0.2) is 84.9 Å². The molecule has 8 nitrogen and oxygen atoms in total. The highest BCUT2D eigenvalue weighted by molar-refractivity contribution is 6.24. The number of rotatable bonds is 10. The van der Waals surface area contributed by atoms with Gasteiger partial charge in [-0.3, -0.25) is 9.59 Å². The van der Waals surface area contributed by atoms with Crippen LogP contribution in [-0.4, -0.2) is 40.3 Å². The monoisotopic (exact) mass is 552 g/mol. The lowest BCUT2D eigenvalue weighted by atomic mass is 9.87. The van der Waals surface area contributed by atoms with E-state index >= 15 is 0 Å². The Balaban J connectivity index is 2.05. The van der Waals surface area contributed by atoms with Gasteiger partial charge in [0.15, 0.2) is 23.1 Å². The number of ether oxygens (including phenoxy) is 2. The maximum absolute atomic E-state index is 14.1. The van der Waals surface area contributed by atoms with Crippen LogP contribution >= 0.6 is 0 Å². The summed E-state index contributed by atoms with van der Waals surface area (Å²) in [6, 6.07) is 22.0. The highest BCUT2D eigenvalue weighted by Gasteiger charge is 2.37. The molecule has 0 saturated heterocycles. The highest BCUT2D eigenvalue weighted by Crippen LogP contribution is 2.46. The largest absolute Gasteiger partial charge is 0.504 e. The van der Waals surface area contributed by atoms with Gasteiger partial charge in [-0.25, -0.2) is 9.59 Å². The van der Waals surface area contributed by atoms with E-state index in [1.165, 1.54) is 30.3 Å². The fraction of sp³-hybridized carbons (Fsp3) is 0.152. The zero-order valence-corrected chi connectivity index (χ0v) is 22.5. The predicted molar refractivity (Wildman–Crippen MR) is 151 cm³/mol. The fourth-order valence-electron chi connectivity index (χ4n) is 4.25. The van der Waals surface area contributed by atoms with Crippen molar-refractivity contribution >= 4 is 23.5 Å². The molecule has 0 unspecified atom stereocenters. The number of carbonyl (C=O) groups excluding carboxylic acids is 4. The maximum atomic E-state index is 14.1. The van der Waals surface area contributed by atoms with Crippen molar-refractivity contribution in [3.8, 4) is 17.2 Å². The third-order valence-electron chi connectivity index (χ3n) is 6.42. The van der Waals surface area contributed by atoms with E-state index in [4.69, 9.17) is 9.47 Å². The van der Waals surface area contributed by atoms with E-state index in [1.54, 1.807) is 61.5 Å². The first-order chi connectivity index (χ1) is 19.8. The van der Waals surface area contributed by atoms with Crippen molar-refractivity contribution < 1.29 is 38.9 Å². The molecule has 0 fully saturated rings. The van der Waals surface area contributed by atoms with Gasteiger partial charge in [0, 0.05) is 11.1 Å². The summed E-state index contributed by atoms with van der Waals surface area (Å²) < 4.78 is 10.9. The third kappa shape index (κ3) is 6.01. The average Bonchev–Trinajstić information content (AvgIpc) is 2.99. The van der Waals surface area contributed by atoms with Crippen molar-refractivity contribution in [3.05, 3.63) is 124 Å². The quantitative estimate of drug-likeness (QED) is 0.0801. The first kappa shape index (κ1) is 28.8. The molecule has 0 aliphatic heterocycles. The van der Waals surface area contributed by atoms with Crippen LogP contribution in [0.3, 0.4) is 0 Å². The topological polar surface area (TPSA) is 127 Å². The minimum absolute atomic E-state index is 0.0347. The number of unbranched alkanes of at least 4 members (excludes halogenated alkanes) is 1. The number of benzene rings is 4. The van der Waals surface area contributed by atoms with Crippen LogP contribution in [0.25, 0.3) is 0 Å². The molecule has 0 spiro atoms. The molecule has 8 heteroatoms.